The third-order valence-corrected chi connectivity index (χ3v) is 6.65. The molecule has 1 saturated heterocycles. The molecule has 1 aliphatic rings. The number of carbonyl (C=O) groups is 1. The third-order valence-electron chi connectivity index (χ3n) is 5.09. The Kier molecular flexibility index (Phi) is 7.14. The summed E-state index contributed by atoms with van der Waals surface area (Å²) in [7, 11) is -3.62. The Hall–Kier alpha value is -2.69. The van der Waals surface area contributed by atoms with Gasteiger partial charge in [-0.2, -0.15) is 4.31 Å². The van der Waals surface area contributed by atoms with Gasteiger partial charge >= 0.3 is 0 Å². The second kappa shape index (κ2) is 9.63. The van der Waals surface area contributed by atoms with Crippen LogP contribution >= 0.6 is 0 Å². The van der Waals surface area contributed by atoms with Crippen molar-refractivity contribution >= 4 is 27.7 Å². The van der Waals surface area contributed by atoms with E-state index in [4.69, 9.17) is 0 Å². The lowest BCUT2D eigenvalue weighted by Gasteiger charge is -2.36. The van der Waals surface area contributed by atoms with Gasteiger partial charge in [-0.15, -0.1) is 0 Å². The van der Waals surface area contributed by atoms with Crippen LogP contribution in [0.3, 0.4) is 0 Å². The van der Waals surface area contributed by atoms with Crippen LogP contribution < -0.4 is 5.32 Å². The van der Waals surface area contributed by atoms with E-state index in [-0.39, 0.29) is 26.2 Å². The summed E-state index contributed by atoms with van der Waals surface area (Å²) in [4.78, 5) is 14.2. The van der Waals surface area contributed by atoms with E-state index in [1.54, 1.807) is 24.0 Å². The Bertz CT molecular complexity index is 1070. The molecule has 3 rings (SSSR count). The first-order valence-corrected chi connectivity index (χ1v) is 11.1. The molecule has 0 aliphatic carbocycles. The minimum atomic E-state index is -3.62. The van der Waals surface area contributed by atoms with Crippen molar-refractivity contribution in [1.29, 1.82) is 0 Å². The van der Waals surface area contributed by atoms with Gasteiger partial charge in [-0.1, -0.05) is 30.3 Å². The maximum Gasteiger partial charge on any atom is 0.241 e. The van der Waals surface area contributed by atoms with E-state index in [2.05, 4.69) is 5.32 Å². The Balaban J connectivity index is 1.58. The van der Waals surface area contributed by atoms with Crippen LogP contribution in [-0.4, -0.2) is 55.8 Å². The zero-order valence-corrected chi connectivity index (χ0v) is 17.6. The molecule has 1 fully saturated rings. The standard InChI is InChI=1S/C21H22F3N3O3S/c1-15(21(28)25-18-8-7-17(22)19(23)20(18)24)26-10-12-27(13-11-26)31(29,30)14-9-16-5-3-2-4-6-16/h2-9,14-15H,10-13H2,1H3,(H,25,28)/b14-9+/t15-/m1/s1. The van der Waals surface area contributed by atoms with Crippen LogP contribution in [0, 0.1) is 17.5 Å². The molecule has 0 aromatic heterocycles. The molecule has 0 saturated carbocycles. The Labute approximate surface area is 179 Å². The lowest BCUT2D eigenvalue weighted by Crippen LogP contribution is -2.53. The van der Waals surface area contributed by atoms with Crippen molar-refractivity contribution in [3.63, 3.8) is 0 Å². The van der Waals surface area contributed by atoms with E-state index in [9.17, 15) is 26.4 Å². The van der Waals surface area contributed by atoms with Crippen molar-refractivity contribution in [2.45, 2.75) is 13.0 Å². The number of hydrogen-bond donors (Lipinski definition) is 1. The van der Waals surface area contributed by atoms with Crippen molar-refractivity contribution in [2.24, 2.45) is 0 Å². The van der Waals surface area contributed by atoms with Crippen LogP contribution in [-0.2, 0) is 14.8 Å². The summed E-state index contributed by atoms with van der Waals surface area (Å²) in [5, 5.41) is 3.40. The molecule has 10 heteroatoms. The first-order chi connectivity index (χ1) is 14.7. The number of sulfonamides is 1. The second-order valence-electron chi connectivity index (χ2n) is 7.08. The van der Waals surface area contributed by atoms with Gasteiger partial charge < -0.3 is 5.32 Å². The van der Waals surface area contributed by atoms with Crippen molar-refractivity contribution in [1.82, 2.24) is 9.21 Å². The molecule has 1 amide bonds. The van der Waals surface area contributed by atoms with Gasteiger partial charge in [0.15, 0.2) is 17.5 Å². The highest BCUT2D eigenvalue weighted by molar-refractivity contribution is 7.92. The summed E-state index contributed by atoms with van der Waals surface area (Å²) >= 11 is 0. The number of nitrogens with one attached hydrogen (secondary N) is 1. The fourth-order valence-corrected chi connectivity index (χ4v) is 4.36. The Morgan fingerprint density at radius 3 is 2.29 bits per heavy atom. The molecule has 1 atom stereocenters. The molecular formula is C21H22F3N3O3S. The molecule has 2 aromatic carbocycles. The highest BCUT2D eigenvalue weighted by Crippen LogP contribution is 2.20. The van der Waals surface area contributed by atoms with Crippen molar-refractivity contribution < 1.29 is 26.4 Å². The number of rotatable bonds is 6. The predicted molar refractivity (Wildman–Crippen MR) is 112 cm³/mol. The largest absolute Gasteiger partial charge is 0.322 e. The number of hydrogen-bond acceptors (Lipinski definition) is 4. The van der Waals surface area contributed by atoms with Gasteiger partial charge in [-0.3, -0.25) is 9.69 Å². The maximum absolute atomic E-state index is 13.8. The molecule has 166 valence electrons. The van der Waals surface area contributed by atoms with Gasteiger partial charge in [0.2, 0.25) is 15.9 Å². The number of carbonyl (C=O) groups excluding carboxylic acids is 1. The van der Waals surface area contributed by atoms with Gasteiger partial charge in [0.05, 0.1) is 11.7 Å². The SMILES string of the molecule is C[C@H](C(=O)Nc1ccc(F)c(F)c1F)N1CCN(S(=O)(=O)/C=C/c2ccccc2)CC1. The van der Waals surface area contributed by atoms with Crippen LogP contribution in [0.2, 0.25) is 0 Å². The molecule has 0 spiro atoms. The van der Waals surface area contributed by atoms with E-state index >= 15 is 0 Å². The highest BCUT2D eigenvalue weighted by atomic mass is 32.2. The van der Waals surface area contributed by atoms with Crippen LogP contribution in [0.1, 0.15) is 12.5 Å². The third kappa shape index (κ3) is 5.52. The Morgan fingerprint density at radius 1 is 1.00 bits per heavy atom. The van der Waals surface area contributed by atoms with Gasteiger partial charge in [-0.05, 0) is 30.7 Å². The molecule has 1 aliphatic heterocycles. The van der Waals surface area contributed by atoms with Gasteiger partial charge in [0.1, 0.15) is 0 Å². The van der Waals surface area contributed by atoms with E-state index in [1.807, 2.05) is 18.2 Å². The summed E-state index contributed by atoms with van der Waals surface area (Å²) in [5.41, 5.74) is 0.308. The average molecular weight is 453 g/mol. The zero-order valence-electron chi connectivity index (χ0n) is 16.8. The fraction of sp³-hybridized carbons (Fsp3) is 0.286. The fourth-order valence-electron chi connectivity index (χ4n) is 3.19. The Morgan fingerprint density at radius 2 is 1.65 bits per heavy atom. The highest BCUT2D eigenvalue weighted by Gasteiger charge is 2.30. The molecule has 0 radical (unpaired) electrons. The van der Waals surface area contributed by atoms with Gasteiger partial charge in [-0.25, -0.2) is 21.6 Å². The predicted octanol–water partition coefficient (Wildman–Crippen LogP) is 3.05. The zero-order chi connectivity index (χ0) is 22.6. The maximum atomic E-state index is 13.8. The van der Waals surface area contributed by atoms with Crippen LogP contribution in [0.4, 0.5) is 18.9 Å². The number of piperazine rings is 1. The van der Waals surface area contributed by atoms with E-state index in [1.165, 1.54) is 10.4 Å². The van der Waals surface area contributed by atoms with Crippen LogP contribution in [0.15, 0.2) is 47.9 Å². The summed E-state index contributed by atoms with van der Waals surface area (Å²) in [6, 6.07) is 9.99. The molecule has 6 nitrogen and oxygen atoms in total. The van der Waals surface area contributed by atoms with E-state index in [0.717, 1.165) is 23.1 Å². The summed E-state index contributed by atoms with van der Waals surface area (Å²) in [6.07, 6.45) is 1.52. The lowest BCUT2D eigenvalue weighted by molar-refractivity contribution is -0.121. The molecule has 31 heavy (non-hydrogen) atoms. The summed E-state index contributed by atoms with van der Waals surface area (Å²) in [6.45, 7) is 2.50. The average Bonchev–Trinajstić information content (AvgIpc) is 2.78. The number of benzene rings is 2. The van der Waals surface area contributed by atoms with Gasteiger partial charge in [0.25, 0.3) is 0 Å². The molecule has 2 aromatic rings. The monoisotopic (exact) mass is 453 g/mol. The molecule has 0 unspecified atom stereocenters. The minimum Gasteiger partial charge on any atom is -0.322 e. The van der Waals surface area contributed by atoms with Crippen LogP contribution in [0.25, 0.3) is 6.08 Å². The van der Waals surface area contributed by atoms with Gasteiger partial charge in [0, 0.05) is 31.6 Å². The summed E-state index contributed by atoms with van der Waals surface area (Å²) < 4.78 is 66.6. The summed E-state index contributed by atoms with van der Waals surface area (Å²) in [5.74, 6) is -5.08. The first kappa shape index (κ1) is 23.0. The first-order valence-electron chi connectivity index (χ1n) is 9.61. The minimum absolute atomic E-state index is 0.179. The number of halogens is 3. The quantitative estimate of drug-likeness (QED) is 0.683. The van der Waals surface area contributed by atoms with E-state index < -0.39 is 45.1 Å². The van der Waals surface area contributed by atoms with Crippen molar-refractivity contribution in [3.05, 3.63) is 70.9 Å². The number of nitrogens with zero attached hydrogens (tertiary/aromatic N) is 2. The molecule has 1 N–H and O–H groups in total. The number of amides is 1. The van der Waals surface area contributed by atoms with Crippen molar-refractivity contribution in [3.8, 4) is 0 Å². The second-order valence-corrected chi connectivity index (χ2v) is 8.90. The molecular weight excluding hydrogens is 431 g/mol. The van der Waals surface area contributed by atoms with Crippen LogP contribution in [0.5, 0.6) is 0 Å². The molecule has 1 heterocycles. The van der Waals surface area contributed by atoms with E-state index in [0.29, 0.717) is 0 Å². The topological polar surface area (TPSA) is 69.7 Å². The smallest absolute Gasteiger partial charge is 0.241 e. The lowest BCUT2D eigenvalue weighted by atomic mass is 10.2. The van der Waals surface area contributed by atoms with Crippen molar-refractivity contribution in [2.75, 3.05) is 31.5 Å². The molecule has 0 bridgehead atoms. The normalized spacial score (nSPS) is 17.0. The number of anilines is 1.